The van der Waals surface area contributed by atoms with Gasteiger partial charge in [0.1, 0.15) is 0 Å². The highest BCUT2D eigenvalue weighted by Gasteiger charge is 2.30. The molecule has 5 rings (SSSR count). The van der Waals surface area contributed by atoms with Crippen LogP contribution in [0, 0.1) is 5.92 Å². The number of nitrogens with zero attached hydrogens (tertiary/aromatic N) is 2. The first-order valence-corrected chi connectivity index (χ1v) is 14.8. The molecule has 0 spiro atoms. The van der Waals surface area contributed by atoms with E-state index in [-0.39, 0.29) is 17.8 Å². The molecule has 1 unspecified atom stereocenters. The number of rotatable bonds is 8. The molecule has 0 radical (unpaired) electrons. The second-order valence-corrected chi connectivity index (χ2v) is 11.7. The molecule has 1 amide bonds. The highest BCUT2D eigenvalue weighted by Crippen LogP contribution is 2.40. The number of carbonyl (C=O) groups is 2. The maximum Gasteiger partial charge on any atom is 0.309 e. The van der Waals surface area contributed by atoms with Crippen LogP contribution in [0.1, 0.15) is 62.5 Å². The zero-order valence-electron chi connectivity index (χ0n) is 25.0. The molecule has 2 saturated heterocycles. The summed E-state index contributed by atoms with van der Waals surface area (Å²) in [6.07, 6.45) is 3.66. The maximum absolute atomic E-state index is 13.1. The number of aromatic amines is 1. The highest BCUT2D eigenvalue weighted by atomic mass is 16.5. The van der Waals surface area contributed by atoms with Gasteiger partial charge in [-0.25, -0.2) is 0 Å². The van der Waals surface area contributed by atoms with E-state index in [1.807, 2.05) is 17.0 Å². The number of likely N-dealkylation sites (tertiary alicyclic amines) is 2. The lowest BCUT2D eigenvalue weighted by molar-refractivity contribution is -0.148. The Hall–Kier alpha value is -3.52. The molecule has 2 fully saturated rings. The SMILES string of the molecule is COC(=O)C1CCCN(CC(=O)N2CCC(c3ccc4[nH]c(-c5ccc(OC)c(OC)c5)c(C(C)C)c4c3)CC2)C1. The van der Waals surface area contributed by atoms with Gasteiger partial charge in [0.05, 0.1) is 39.5 Å². The van der Waals surface area contributed by atoms with Crippen LogP contribution < -0.4 is 9.47 Å². The molecule has 1 N–H and O–H groups in total. The summed E-state index contributed by atoms with van der Waals surface area (Å²) in [6.45, 7) is 7.83. The maximum atomic E-state index is 13.1. The molecule has 0 saturated carbocycles. The summed E-state index contributed by atoms with van der Waals surface area (Å²) in [6, 6.07) is 12.9. The van der Waals surface area contributed by atoms with E-state index in [0.717, 1.165) is 62.1 Å². The number of hydrogen-bond donors (Lipinski definition) is 1. The van der Waals surface area contributed by atoms with Crippen LogP contribution >= 0.6 is 0 Å². The van der Waals surface area contributed by atoms with Crippen molar-refractivity contribution in [1.82, 2.24) is 14.8 Å². The number of carbonyl (C=O) groups excluding carboxylic acids is 2. The van der Waals surface area contributed by atoms with Gasteiger partial charge < -0.3 is 24.1 Å². The molecule has 2 aliphatic rings. The molecular weight excluding hydrogens is 518 g/mol. The summed E-state index contributed by atoms with van der Waals surface area (Å²) < 4.78 is 15.9. The fourth-order valence-electron chi connectivity index (χ4n) is 6.62. The quantitative estimate of drug-likeness (QED) is 0.362. The standard InChI is InChI=1S/C33H43N3O5/c1-21(2)31-26-17-23(8-10-27(26)34-32(31)24-9-11-28(39-3)29(18-24)40-4)22-12-15-36(16-13-22)30(37)20-35-14-6-7-25(19-35)33(38)41-5/h8-11,17-18,21-22,25,34H,6-7,12-16,19-20H2,1-5H3. The van der Waals surface area contributed by atoms with Gasteiger partial charge in [-0.05, 0) is 85.5 Å². The largest absolute Gasteiger partial charge is 0.493 e. The number of fused-ring (bicyclic) bond motifs is 1. The second-order valence-electron chi connectivity index (χ2n) is 11.7. The molecule has 0 aliphatic carbocycles. The molecule has 3 aromatic rings. The van der Waals surface area contributed by atoms with E-state index < -0.39 is 0 Å². The van der Waals surface area contributed by atoms with E-state index in [0.29, 0.717) is 36.4 Å². The third-order valence-electron chi connectivity index (χ3n) is 8.83. The van der Waals surface area contributed by atoms with Crippen molar-refractivity contribution in [2.24, 2.45) is 5.92 Å². The first kappa shape index (κ1) is 29.0. The molecule has 3 heterocycles. The number of H-pyrrole nitrogens is 1. The number of aromatic nitrogens is 1. The normalized spacial score (nSPS) is 18.6. The highest BCUT2D eigenvalue weighted by molar-refractivity contribution is 5.92. The number of methoxy groups -OCH3 is 3. The Morgan fingerprint density at radius 3 is 2.39 bits per heavy atom. The van der Waals surface area contributed by atoms with Crippen LogP contribution in [0.5, 0.6) is 11.5 Å². The minimum absolute atomic E-state index is 0.126. The van der Waals surface area contributed by atoms with Crippen LogP contribution in [0.2, 0.25) is 0 Å². The second kappa shape index (κ2) is 12.6. The van der Waals surface area contributed by atoms with Crippen molar-refractivity contribution in [1.29, 1.82) is 0 Å². The van der Waals surface area contributed by atoms with Gasteiger partial charge in [0, 0.05) is 36.1 Å². The Balaban J connectivity index is 1.29. The lowest BCUT2D eigenvalue weighted by Gasteiger charge is -2.35. The first-order valence-electron chi connectivity index (χ1n) is 14.8. The Morgan fingerprint density at radius 2 is 1.71 bits per heavy atom. The molecule has 2 aliphatic heterocycles. The topological polar surface area (TPSA) is 84.1 Å². The van der Waals surface area contributed by atoms with E-state index in [2.05, 4.69) is 48.0 Å². The van der Waals surface area contributed by atoms with Crippen LogP contribution in [0.4, 0.5) is 0 Å². The van der Waals surface area contributed by atoms with E-state index in [9.17, 15) is 9.59 Å². The Labute approximate surface area is 242 Å². The molecule has 1 aromatic heterocycles. The average molecular weight is 562 g/mol. The van der Waals surface area contributed by atoms with Crippen molar-refractivity contribution in [2.45, 2.75) is 51.4 Å². The fourth-order valence-corrected chi connectivity index (χ4v) is 6.62. The van der Waals surface area contributed by atoms with Crippen LogP contribution in [0.25, 0.3) is 22.2 Å². The van der Waals surface area contributed by atoms with Crippen LogP contribution in [-0.4, -0.2) is 80.7 Å². The predicted molar refractivity (Wildman–Crippen MR) is 161 cm³/mol. The molecule has 8 nitrogen and oxygen atoms in total. The molecule has 41 heavy (non-hydrogen) atoms. The number of esters is 1. The summed E-state index contributed by atoms with van der Waals surface area (Å²) in [5.74, 6) is 2.04. The smallest absolute Gasteiger partial charge is 0.309 e. The van der Waals surface area contributed by atoms with E-state index in [1.165, 1.54) is 23.6 Å². The van der Waals surface area contributed by atoms with Crippen LogP contribution in [0.15, 0.2) is 36.4 Å². The number of benzene rings is 2. The summed E-state index contributed by atoms with van der Waals surface area (Å²) >= 11 is 0. The van der Waals surface area contributed by atoms with Crippen molar-refractivity contribution >= 4 is 22.8 Å². The van der Waals surface area contributed by atoms with Crippen LogP contribution in [-0.2, 0) is 14.3 Å². The third-order valence-corrected chi connectivity index (χ3v) is 8.83. The van der Waals surface area contributed by atoms with E-state index in [1.54, 1.807) is 14.2 Å². The zero-order chi connectivity index (χ0) is 29.1. The minimum atomic E-state index is -0.168. The van der Waals surface area contributed by atoms with Crippen molar-refractivity contribution < 1.29 is 23.8 Å². The Morgan fingerprint density at radius 1 is 0.951 bits per heavy atom. The van der Waals surface area contributed by atoms with E-state index >= 15 is 0 Å². The number of piperidine rings is 2. The first-order chi connectivity index (χ1) is 19.8. The summed E-state index contributed by atoms with van der Waals surface area (Å²) in [5, 5.41) is 1.26. The van der Waals surface area contributed by atoms with Crippen molar-refractivity contribution in [3.63, 3.8) is 0 Å². The number of amides is 1. The molecule has 1 atom stereocenters. The van der Waals surface area contributed by atoms with Gasteiger partial charge in [0.25, 0.3) is 0 Å². The molecule has 220 valence electrons. The molecule has 0 bridgehead atoms. The summed E-state index contributed by atoms with van der Waals surface area (Å²) in [5.41, 5.74) is 5.94. The van der Waals surface area contributed by atoms with E-state index in [4.69, 9.17) is 14.2 Å². The van der Waals surface area contributed by atoms with Gasteiger partial charge in [0.2, 0.25) is 5.91 Å². The lowest BCUT2D eigenvalue weighted by atomic mass is 9.87. The summed E-state index contributed by atoms with van der Waals surface area (Å²) in [4.78, 5) is 32.9. The van der Waals surface area contributed by atoms with Gasteiger partial charge in [-0.15, -0.1) is 0 Å². The van der Waals surface area contributed by atoms with Gasteiger partial charge in [-0.2, -0.15) is 0 Å². The fraction of sp³-hybridized carbons (Fsp3) is 0.515. The predicted octanol–water partition coefficient (Wildman–Crippen LogP) is 5.57. The number of ether oxygens (including phenoxy) is 3. The number of nitrogens with one attached hydrogen (secondary N) is 1. The lowest BCUT2D eigenvalue weighted by Crippen LogP contribution is -2.47. The van der Waals surface area contributed by atoms with Crippen molar-refractivity contribution in [2.75, 3.05) is 54.1 Å². The molecular formula is C33H43N3O5. The van der Waals surface area contributed by atoms with Gasteiger partial charge in [-0.3, -0.25) is 14.5 Å². The van der Waals surface area contributed by atoms with Gasteiger partial charge in [-0.1, -0.05) is 19.9 Å². The molecule has 2 aromatic carbocycles. The Kier molecular flexibility index (Phi) is 8.88. The van der Waals surface area contributed by atoms with Crippen LogP contribution in [0.3, 0.4) is 0 Å². The molecule has 8 heteroatoms. The minimum Gasteiger partial charge on any atom is -0.493 e. The summed E-state index contributed by atoms with van der Waals surface area (Å²) in [7, 11) is 4.75. The zero-order valence-corrected chi connectivity index (χ0v) is 25.0. The van der Waals surface area contributed by atoms with Crippen molar-refractivity contribution in [3.05, 3.63) is 47.5 Å². The average Bonchev–Trinajstić information content (AvgIpc) is 3.39. The van der Waals surface area contributed by atoms with Crippen molar-refractivity contribution in [3.8, 4) is 22.8 Å². The Bertz CT molecular complexity index is 1390. The van der Waals surface area contributed by atoms with Gasteiger partial charge in [0.15, 0.2) is 11.5 Å². The number of hydrogen-bond acceptors (Lipinski definition) is 6. The third kappa shape index (κ3) is 6.08. The monoisotopic (exact) mass is 561 g/mol. The van der Waals surface area contributed by atoms with Gasteiger partial charge >= 0.3 is 5.97 Å².